The van der Waals surface area contributed by atoms with E-state index >= 15 is 0 Å². The maximum absolute atomic E-state index is 3.88. The van der Waals surface area contributed by atoms with Gasteiger partial charge in [0.15, 0.2) is 0 Å². The number of allylic oxidation sites excluding steroid dienone is 2. The van der Waals surface area contributed by atoms with Crippen molar-refractivity contribution in [1.82, 2.24) is 10.4 Å². The second-order valence-electron chi connectivity index (χ2n) is 2.79. The van der Waals surface area contributed by atoms with Gasteiger partial charge in [-0.05, 0) is 19.3 Å². The van der Waals surface area contributed by atoms with Gasteiger partial charge in [0.25, 0.3) is 0 Å². The molecular weight excluding hydrogens is 136 g/mol. The van der Waals surface area contributed by atoms with Gasteiger partial charge in [0.05, 0.1) is 0 Å². The molecule has 0 atom stereocenters. The van der Waals surface area contributed by atoms with Crippen LogP contribution >= 0.6 is 0 Å². The molecule has 2 heteroatoms. The minimum atomic E-state index is 1.02. The minimum absolute atomic E-state index is 1.02. The summed E-state index contributed by atoms with van der Waals surface area (Å²) in [6.45, 7) is 7.54. The summed E-state index contributed by atoms with van der Waals surface area (Å²) < 4.78 is 0. The largest absolute Gasteiger partial charge is 0.324 e. The zero-order valence-electron chi connectivity index (χ0n) is 7.56. The van der Waals surface area contributed by atoms with Crippen LogP contribution in [0, 0.1) is 0 Å². The summed E-state index contributed by atoms with van der Waals surface area (Å²) in [5.41, 5.74) is 4.17. The van der Waals surface area contributed by atoms with Gasteiger partial charge in [0.2, 0.25) is 0 Å². The zero-order valence-corrected chi connectivity index (χ0v) is 7.56. The van der Waals surface area contributed by atoms with E-state index in [1.807, 2.05) is 25.2 Å². The molecule has 0 amide bonds. The molecule has 0 aromatic heterocycles. The predicted octanol–water partition coefficient (Wildman–Crippen LogP) is 1.92. The van der Waals surface area contributed by atoms with Crippen LogP contribution in [0.3, 0.4) is 0 Å². The van der Waals surface area contributed by atoms with E-state index in [4.69, 9.17) is 0 Å². The average molecular weight is 154 g/mol. The molecular formula is C9H18N2. The number of nitrogens with one attached hydrogen (secondary N) is 1. The lowest BCUT2D eigenvalue weighted by molar-refractivity contribution is 0.321. The van der Waals surface area contributed by atoms with E-state index < -0.39 is 0 Å². The highest BCUT2D eigenvalue weighted by Crippen LogP contribution is 2.01. The van der Waals surface area contributed by atoms with E-state index in [0.29, 0.717) is 0 Å². The molecule has 0 spiro atoms. The molecule has 0 aromatic carbocycles. The number of hydrogen-bond donors (Lipinski definition) is 1. The molecule has 2 nitrogen and oxygen atoms in total. The van der Waals surface area contributed by atoms with E-state index in [1.165, 1.54) is 0 Å². The summed E-state index contributed by atoms with van der Waals surface area (Å²) in [6.07, 6.45) is 5.14. The number of nitrogens with zero attached hydrogens (tertiary/aromatic N) is 1. The van der Waals surface area contributed by atoms with Crippen LogP contribution in [0.4, 0.5) is 0 Å². The Morgan fingerprint density at radius 2 is 2.18 bits per heavy atom. The lowest BCUT2D eigenvalue weighted by atomic mass is 10.2. The summed E-state index contributed by atoms with van der Waals surface area (Å²) in [4.78, 5) is 0. The van der Waals surface area contributed by atoms with Gasteiger partial charge < -0.3 is 5.43 Å². The monoisotopic (exact) mass is 154 g/mol. The number of hydrazine groups is 1. The van der Waals surface area contributed by atoms with Crippen LogP contribution in [0.2, 0.25) is 0 Å². The molecule has 0 bridgehead atoms. The average Bonchev–Trinajstić information content (AvgIpc) is 1.86. The van der Waals surface area contributed by atoms with Crippen molar-refractivity contribution in [3.05, 3.63) is 24.9 Å². The number of rotatable bonds is 6. The molecule has 1 N–H and O–H groups in total. The Kier molecular flexibility index (Phi) is 5.57. The number of hydrogen-bond acceptors (Lipinski definition) is 2. The molecule has 64 valence electrons. The van der Waals surface area contributed by atoms with Crippen LogP contribution in [-0.2, 0) is 0 Å². The highest BCUT2D eigenvalue weighted by atomic mass is 15.5. The lowest BCUT2D eigenvalue weighted by Crippen LogP contribution is -2.29. The van der Waals surface area contributed by atoms with Gasteiger partial charge in [-0.1, -0.05) is 12.7 Å². The van der Waals surface area contributed by atoms with Gasteiger partial charge in [-0.15, -0.1) is 6.58 Å². The van der Waals surface area contributed by atoms with E-state index in [1.54, 1.807) is 0 Å². The molecule has 0 saturated carbocycles. The third-order valence-electron chi connectivity index (χ3n) is 1.27. The van der Waals surface area contributed by atoms with Gasteiger partial charge in [-0.3, -0.25) is 0 Å². The lowest BCUT2D eigenvalue weighted by Gasteiger charge is -2.15. The minimum Gasteiger partial charge on any atom is -0.324 e. The Morgan fingerprint density at radius 3 is 2.64 bits per heavy atom. The predicted molar refractivity (Wildman–Crippen MR) is 50.0 cm³/mol. The summed E-state index contributed by atoms with van der Waals surface area (Å²) in [7, 11) is 3.91. The first kappa shape index (κ1) is 10.2. The van der Waals surface area contributed by atoms with Crippen LogP contribution in [0.25, 0.3) is 0 Å². The van der Waals surface area contributed by atoms with Crippen molar-refractivity contribution in [2.24, 2.45) is 0 Å². The fourth-order valence-electron chi connectivity index (χ4n) is 0.832. The molecule has 11 heavy (non-hydrogen) atoms. The molecule has 0 fully saturated rings. The van der Waals surface area contributed by atoms with E-state index in [0.717, 1.165) is 25.0 Å². The maximum atomic E-state index is 3.88. The van der Waals surface area contributed by atoms with Crippen LogP contribution < -0.4 is 5.43 Å². The van der Waals surface area contributed by atoms with Gasteiger partial charge in [0, 0.05) is 19.8 Å². The molecule has 0 aromatic rings. The second-order valence-corrected chi connectivity index (χ2v) is 2.79. The van der Waals surface area contributed by atoms with Crippen molar-refractivity contribution in [2.75, 3.05) is 14.1 Å². The fraction of sp³-hybridized carbons (Fsp3) is 0.556. The highest BCUT2D eigenvalue weighted by molar-refractivity contribution is 4.89. The summed E-state index contributed by atoms with van der Waals surface area (Å²) in [6, 6.07) is 0. The fourth-order valence-corrected chi connectivity index (χ4v) is 0.832. The molecule has 0 aliphatic carbocycles. The molecule has 0 saturated heterocycles. The Hall–Kier alpha value is -0.760. The van der Waals surface area contributed by atoms with Crippen LogP contribution in [0.15, 0.2) is 24.9 Å². The Bertz CT molecular complexity index is 128. The van der Waals surface area contributed by atoms with Crippen molar-refractivity contribution in [1.29, 1.82) is 0 Å². The third kappa shape index (κ3) is 7.13. The third-order valence-corrected chi connectivity index (χ3v) is 1.27. The molecule has 0 radical (unpaired) electrons. The number of unbranched alkanes of at least 4 members (excludes halogenated alkanes) is 1. The SMILES string of the molecule is C=CCCCC(=C)NN(C)C. The second kappa shape index (κ2) is 5.98. The molecule has 0 unspecified atom stereocenters. The smallest absolute Gasteiger partial charge is 0.0192 e. The van der Waals surface area contributed by atoms with Crippen LogP contribution in [-0.4, -0.2) is 19.1 Å². The van der Waals surface area contributed by atoms with Crippen molar-refractivity contribution < 1.29 is 0 Å². The Morgan fingerprint density at radius 1 is 1.55 bits per heavy atom. The molecule has 0 heterocycles. The van der Waals surface area contributed by atoms with Gasteiger partial charge in [-0.2, -0.15) is 0 Å². The Labute approximate surface area is 69.6 Å². The van der Waals surface area contributed by atoms with Crippen LogP contribution in [0.5, 0.6) is 0 Å². The van der Waals surface area contributed by atoms with E-state index in [2.05, 4.69) is 18.6 Å². The summed E-state index contributed by atoms with van der Waals surface area (Å²) >= 11 is 0. The Balaban J connectivity index is 3.30. The molecule has 0 aliphatic rings. The van der Waals surface area contributed by atoms with E-state index in [-0.39, 0.29) is 0 Å². The van der Waals surface area contributed by atoms with Gasteiger partial charge >= 0.3 is 0 Å². The standard InChI is InChI=1S/C9H18N2/c1-5-6-7-8-9(2)10-11(3)4/h5,10H,1-2,6-8H2,3-4H3. The first-order chi connectivity index (χ1) is 5.16. The quantitative estimate of drug-likeness (QED) is 0.357. The normalized spacial score (nSPS) is 9.73. The molecule has 0 rings (SSSR count). The van der Waals surface area contributed by atoms with E-state index in [9.17, 15) is 0 Å². The zero-order chi connectivity index (χ0) is 8.69. The highest BCUT2D eigenvalue weighted by Gasteiger charge is 1.92. The van der Waals surface area contributed by atoms with Crippen molar-refractivity contribution in [2.45, 2.75) is 19.3 Å². The van der Waals surface area contributed by atoms with Gasteiger partial charge in [0.1, 0.15) is 0 Å². The maximum Gasteiger partial charge on any atom is 0.0192 e. The summed E-state index contributed by atoms with van der Waals surface area (Å²) in [5, 5.41) is 1.90. The van der Waals surface area contributed by atoms with Crippen LogP contribution in [0.1, 0.15) is 19.3 Å². The van der Waals surface area contributed by atoms with Crippen molar-refractivity contribution >= 4 is 0 Å². The summed E-state index contributed by atoms with van der Waals surface area (Å²) in [5.74, 6) is 0. The molecule has 0 aliphatic heterocycles. The van der Waals surface area contributed by atoms with Crippen molar-refractivity contribution in [3.8, 4) is 0 Å². The first-order valence-electron chi connectivity index (χ1n) is 3.89. The first-order valence-corrected chi connectivity index (χ1v) is 3.89. The van der Waals surface area contributed by atoms with Crippen molar-refractivity contribution in [3.63, 3.8) is 0 Å². The van der Waals surface area contributed by atoms with Gasteiger partial charge in [-0.25, -0.2) is 5.01 Å². The topological polar surface area (TPSA) is 15.3 Å².